The van der Waals surface area contributed by atoms with Gasteiger partial charge >= 0.3 is 5.97 Å². The van der Waals surface area contributed by atoms with Crippen molar-refractivity contribution in [2.45, 2.75) is 19.4 Å². The molecule has 100 valence electrons. The van der Waals surface area contributed by atoms with Crippen LogP contribution in [0.1, 0.15) is 25.0 Å². The fourth-order valence-corrected chi connectivity index (χ4v) is 1.74. The van der Waals surface area contributed by atoms with E-state index in [0.717, 1.165) is 0 Å². The Balaban J connectivity index is 2.98. The topological polar surface area (TPSA) is 76.0 Å². The molecule has 0 aromatic heterocycles. The Bertz CT molecular complexity index is 416. The number of benzene rings is 1. The van der Waals surface area contributed by atoms with Crippen LogP contribution in [0.4, 0.5) is 0 Å². The Morgan fingerprint density at radius 2 is 2.00 bits per heavy atom. The van der Waals surface area contributed by atoms with E-state index in [2.05, 4.69) is 0 Å². The van der Waals surface area contributed by atoms with E-state index in [0.29, 0.717) is 17.1 Å². The predicted molar refractivity (Wildman–Crippen MR) is 65.9 cm³/mol. The van der Waals surface area contributed by atoms with Crippen LogP contribution >= 0.6 is 0 Å². The van der Waals surface area contributed by atoms with Gasteiger partial charge in [-0.3, -0.25) is 4.79 Å². The van der Waals surface area contributed by atoms with Gasteiger partial charge in [0.1, 0.15) is 0 Å². The van der Waals surface area contributed by atoms with E-state index in [1.165, 1.54) is 14.2 Å². The standard InChI is InChI=1S/C13H18O5/c1-8(13(15)16)7-10(14)9-5-4-6-11(17-2)12(9)18-3/h4-6,8,10,14H,7H2,1-3H3,(H,15,16). The summed E-state index contributed by atoms with van der Waals surface area (Å²) in [7, 11) is 2.99. The first kappa shape index (κ1) is 14.3. The number of para-hydroxylation sites is 1. The minimum Gasteiger partial charge on any atom is -0.493 e. The quantitative estimate of drug-likeness (QED) is 0.810. The molecule has 0 fully saturated rings. The van der Waals surface area contributed by atoms with Crippen molar-refractivity contribution in [3.8, 4) is 11.5 Å². The molecule has 0 radical (unpaired) electrons. The van der Waals surface area contributed by atoms with Gasteiger partial charge in [0, 0.05) is 5.56 Å². The van der Waals surface area contributed by atoms with Crippen molar-refractivity contribution in [1.29, 1.82) is 0 Å². The van der Waals surface area contributed by atoms with Crippen LogP contribution in [0.15, 0.2) is 18.2 Å². The number of hydrogen-bond acceptors (Lipinski definition) is 4. The van der Waals surface area contributed by atoms with Crippen LogP contribution < -0.4 is 9.47 Å². The second kappa shape index (κ2) is 6.26. The number of methoxy groups -OCH3 is 2. The molecule has 0 aliphatic rings. The summed E-state index contributed by atoms with van der Waals surface area (Å²) in [5, 5.41) is 18.9. The van der Waals surface area contributed by atoms with Crippen molar-refractivity contribution < 1.29 is 24.5 Å². The number of hydrogen-bond donors (Lipinski definition) is 2. The van der Waals surface area contributed by atoms with Gasteiger partial charge in [0.2, 0.25) is 0 Å². The molecule has 0 saturated carbocycles. The molecular weight excluding hydrogens is 236 g/mol. The van der Waals surface area contributed by atoms with E-state index in [9.17, 15) is 9.90 Å². The number of carbonyl (C=O) groups is 1. The van der Waals surface area contributed by atoms with Crippen LogP contribution in [-0.4, -0.2) is 30.4 Å². The van der Waals surface area contributed by atoms with Gasteiger partial charge in [0.25, 0.3) is 0 Å². The smallest absolute Gasteiger partial charge is 0.306 e. The lowest BCUT2D eigenvalue weighted by Crippen LogP contribution is -2.14. The first-order valence-corrected chi connectivity index (χ1v) is 5.63. The van der Waals surface area contributed by atoms with Crippen molar-refractivity contribution in [1.82, 2.24) is 0 Å². The zero-order chi connectivity index (χ0) is 13.7. The van der Waals surface area contributed by atoms with Crippen molar-refractivity contribution in [3.63, 3.8) is 0 Å². The summed E-state index contributed by atoms with van der Waals surface area (Å²) in [5.41, 5.74) is 0.532. The molecule has 1 aromatic rings. The molecule has 0 spiro atoms. The van der Waals surface area contributed by atoms with Crippen molar-refractivity contribution >= 4 is 5.97 Å². The fraction of sp³-hybridized carbons (Fsp3) is 0.462. The molecule has 2 unspecified atom stereocenters. The third-order valence-electron chi connectivity index (χ3n) is 2.79. The summed E-state index contributed by atoms with van der Waals surface area (Å²) in [6.45, 7) is 1.55. The highest BCUT2D eigenvalue weighted by molar-refractivity contribution is 5.69. The van der Waals surface area contributed by atoms with Crippen LogP contribution in [0.2, 0.25) is 0 Å². The van der Waals surface area contributed by atoms with Crippen LogP contribution in [0.3, 0.4) is 0 Å². The Kier molecular flexibility index (Phi) is 4.97. The molecule has 0 aliphatic heterocycles. The van der Waals surface area contributed by atoms with Gasteiger partial charge in [-0.2, -0.15) is 0 Å². The van der Waals surface area contributed by atoms with Gasteiger partial charge in [0.05, 0.1) is 26.2 Å². The van der Waals surface area contributed by atoms with Crippen LogP contribution in [-0.2, 0) is 4.79 Å². The third kappa shape index (κ3) is 3.13. The molecule has 0 amide bonds. The first-order valence-electron chi connectivity index (χ1n) is 5.63. The molecular formula is C13H18O5. The summed E-state index contributed by atoms with van der Waals surface area (Å²) >= 11 is 0. The molecule has 18 heavy (non-hydrogen) atoms. The molecule has 0 saturated heterocycles. The maximum absolute atomic E-state index is 10.8. The second-order valence-electron chi connectivity index (χ2n) is 4.07. The highest BCUT2D eigenvalue weighted by Gasteiger charge is 2.22. The predicted octanol–water partition coefficient (Wildman–Crippen LogP) is 1.85. The molecule has 1 aromatic carbocycles. The van der Waals surface area contributed by atoms with Crippen LogP contribution in [0.5, 0.6) is 11.5 Å². The van der Waals surface area contributed by atoms with E-state index < -0.39 is 18.0 Å². The minimum absolute atomic E-state index is 0.124. The van der Waals surface area contributed by atoms with Gasteiger partial charge in [0.15, 0.2) is 11.5 Å². The number of aliphatic carboxylic acids is 1. The minimum atomic E-state index is -0.934. The summed E-state index contributed by atoms with van der Waals surface area (Å²) in [5.74, 6) is -0.617. The molecule has 2 atom stereocenters. The summed E-state index contributed by atoms with van der Waals surface area (Å²) in [4.78, 5) is 10.8. The number of ether oxygens (including phenoxy) is 2. The van der Waals surface area contributed by atoms with Crippen molar-refractivity contribution in [3.05, 3.63) is 23.8 Å². The summed E-state index contributed by atoms with van der Waals surface area (Å²) in [6, 6.07) is 5.14. The van der Waals surface area contributed by atoms with E-state index in [-0.39, 0.29) is 6.42 Å². The van der Waals surface area contributed by atoms with E-state index in [1.54, 1.807) is 25.1 Å². The third-order valence-corrected chi connectivity index (χ3v) is 2.79. The van der Waals surface area contributed by atoms with Crippen molar-refractivity contribution in [2.75, 3.05) is 14.2 Å². The van der Waals surface area contributed by atoms with Crippen LogP contribution in [0, 0.1) is 5.92 Å². The lowest BCUT2D eigenvalue weighted by atomic mass is 9.97. The molecule has 2 N–H and O–H groups in total. The largest absolute Gasteiger partial charge is 0.493 e. The Morgan fingerprint density at radius 3 is 2.50 bits per heavy atom. The SMILES string of the molecule is COc1cccc(C(O)CC(C)C(=O)O)c1OC. The van der Waals surface area contributed by atoms with Gasteiger partial charge in [-0.1, -0.05) is 19.1 Å². The van der Waals surface area contributed by atoms with Gasteiger partial charge in [-0.25, -0.2) is 0 Å². The maximum Gasteiger partial charge on any atom is 0.306 e. The maximum atomic E-state index is 10.8. The Hall–Kier alpha value is -1.75. The molecule has 0 aliphatic carbocycles. The first-order chi connectivity index (χ1) is 8.51. The van der Waals surface area contributed by atoms with Crippen molar-refractivity contribution in [2.24, 2.45) is 5.92 Å². The Morgan fingerprint density at radius 1 is 1.33 bits per heavy atom. The molecule has 5 nitrogen and oxygen atoms in total. The normalized spacial score (nSPS) is 13.8. The van der Waals surface area contributed by atoms with Gasteiger partial charge in [-0.15, -0.1) is 0 Å². The van der Waals surface area contributed by atoms with E-state index in [4.69, 9.17) is 14.6 Å². The number of rotatable bonds is 6. The molecule has 0 bridgehead atoms. The highest BCUT2D eigenvalue weighted by atomic mass is 16.5. The van der Waals surface area contributed by atoms with Gasteiger partial charge in [-0.05, 0) is 12.5 Å². The van der Waals surface area contributed by atoms with E-state index >= 15 is 0 Å². The molecule has 5 heteroatoms. The number of aliphatic hydroxyl groups excluding tert-OH is 1. The summed E-state index contributed by atoms with van der Waals surface area (Å²) < 4.78 is 10.3. The zero-order valence-corrected chi connectivity index (χ0v) is 10.7. The molecule has 1 rings (SSSR count). The monoisotopic (exact) mass is 254 g/mol. The molecule has 0 heterocycles. The zero-order valence-electron chi connectivity index (χ0n) is 10.7. The number of carboxylic acid groups (broad SMARTS) is 1. The average Bonchev–Trinajstić information content (AvgIpc) is 2.37. The number of carboxylic acids is 1. The fourth-order valence-electron chi connectivity index (χ4n) is 1.74. The van der Waals surface area contributed by atoms with E-state index in [1.807, 2.05) is 0 Å². The lowest BCUT2D eigenvalue weighted by Gasteiger charge is -2.18. The van der Waals surface area contributed by atoms with Crippen LogP contribution in [0.25, 0.3) is 0 Å². The highest BCUT2D eigenvalue weighted by Crippen LogP contribution is 2.36. The average molecular weight is 254 g/mol. The Labute approximate surface area is 106 Å². The van der Waals surface area contributed by atoms with Gasteiger partial charge < -0.3 is 19.7 Å². The lowest BCUT2D eigenvalue weighted by molar-refractivity contribution is -0.142. The second-order valence-corrected chi connectivity index (χ2v) is 4.07. The summed E-state index contributed by atoms with van der Waals surface area (Å²) in [6.07, 6.45) is -0.778. The number of aliphatic hydroxyl groups is 1.